The van der Waals surface area contributed by atoms with Crippen molar-refractivity contribution in [2.24, 2.45) is 5.92 Å². The van der Waals surface area contributed by atoms with Gasteiger partial charge < -0.3 is 14.8 Å². The van der Waals surface area contributed by atoms with E-state index in [4.69, 9.17) is 9.47 Å². The summed E-state index contributed by atoms with van der Waals surface area (Å²) in [4.78, 5) is 0. The summed E-state index contributed by atoms with van der Waals surface area (Å²) >= 11 is 3.25. The fraction of sp³-hybridized carbons (Fsp3) is 0.538. The number of nitrogens with one attached hydrogen (secondary N) is 1. The molecule has 1 atom stereocenters. The molecule has 0 spiro atoms. The van der Waals surface area contributed by atoms with Gasteiger partial charge >= 0.3 is 0 Å². The van der Waals surface area contributed by atoms with Crippen molar-refractivity contribution in [2.75, 3.05) is 19.9 Å². The van der Waals surface area contributed by atoms with E-state index in [9.17, 15) is 4.39 Å². The molecule has 1 N–H and O–H groups in total. The maximum absolute atomic E-state index is 14.2. The Hall–Kier alpha value is -0.810. The molecule has 0 aromatic heterocycles. The summed E-state index contributed by atoms with van der Waals surface area (Å²) in [5.74, 6) is 1.41. The summed E-state index contributed by atoms with van der Waals surface area (Å²) < 4.78 is 25.2. The zero-order chi connectivity index (χ0) is 12.5. The number of hydrogen-bond donors (Lipinski definition) is 1. The van der Waals surface area contributed by atoms with Crippen LogP contribution in [0.2, 0.25) is 0 Å². The van der Waals surface area contributed by atoms with Gasteiger partial charge in [0, 0.05) is 0 Å². The van der Waals surface area contributed by atoms with Gasteiger partial charge in [0.25, 0.3) is 0 Å². The molecule has 3 rings (SSSR count). The third kappa shape index (κ3) is 2.21. The van der Waals surface area contributed by atoms with Gasteiger partial charge in [-0.1, -0.05) is 0 Å². The predicted molar refractivity (Wildman–Crippen MR) is 69.5 cm³/mol. The summed E-state index contributed by atoms with van der Waals surface area (Å²) in [5.41, 5.74) is 0.708. The highest BCUT2D eigenvalue weighted by Crippen LogP contribution is 2.42. The largest absolute Gasteiger partial charge is 0.454 e. The monoisotopic (exact) mass is 315 g/mol. The summed E-state index contributed by atoms with van der Waals surface area (Å²) in [6.45, 7) is 2.21. The van der Waals surface area contributed by atoms with Crippen LogP contribution >= 0.6 is 15.9 Å². The van der Waals surface area contributed by atoms with Crippen LogP contribution in [-0.4, -0.2) is 19.9 Å². The van der Waals surface area contributed by atoms with E-state index in [1.807, 2.05) is 0 Å². The average Bonchev–Trinajstić information content (AvgIpc) is 2.85. The lowest BCUT2D eigenvalue weighted by Crippen LogP contribution is -2.31. The maximum atomic E-state index is 14.2. The Morgan fingerprint density at radius 1 is 1.44 bits per heavy atom. The molecule has 1 fully saturated rings. The highest BCUT2D eigenvalue weighted by Gasteiger charge is 2.24. The van der Waals surface area contributed by atoms with Gasteiger partial charge in [0.2, 0.25) is 6.79 Å². The van der Waals surface area contributed by atoms with Gasteiger partial charge in [-0.25, -0.2) is 4.39 Å². The second kappa shape index (κ2) is 5.05. The highest BCUT2D eigenvalue weighted by molar-refractivity contribution is 9.10. The molecule has 5 heteroatoms. The van der Waals surface area contributed by atoms with Crippen molar-refractivity contribution >= 4 is 15.9 Å². The van der Waals surface area contributed by atoms with Crippen LogP contribution in [0, 0.1) is 11.7 Å². The van der Waals surface area contributed by atoms with E-state index in [2.05, 4.69) is 21.2 Å². The molecule has 3 nitrogen and oxygen atoms in total. The Bertz CT molecular complexity index is 461. The fourth-order valence-corrected chi connectivity index (χ4v) is 3.15. The summed E-state index contributed by atoms with van der Waals surface area (Å²) in [6.07, 6.45) is 3.06. The topological polar surface area (TPSA) is 30.5 Å². The van der Waals surface area contributed by atoms with Crippen molar-refractivity contribution in [2.45, 2.75) is 19.3 Å². The van der Waals surface area contributed by atoms with Crippen molar-refractivity contribution < 1.29 is 13.9 Å². The molecule has 1 unspecified atom stereocenters. The average molecular weight is 316 g/mol. The van der Waals surface area contributed by atoms with Crippen molar-refractivity contribution in [3.05, 3.63) is 21.9 Å². The van der Waals surface area contributed by atoms with Gasteiger partial charge in [-0.15, -0.1) is 0 Å². The smallest absolute Gasteiger partial charge is 0.231 e. The molecule has 18 heavy (non-hydrogen) atoms. The third-order valence-electron chi connectivity index (χ3n) is 3.53. The van der Waals surface area contributed by atoms with Gasteiger partial charge in [0.15, 0.2) is 11.5 Å². The summed E-state index contributed by atoms with van der Waals surface area (Å²) in [7, 11) is 0. The Balaban J connectivity index is 1.85. The second-order valence-electron chi connectivity index (χ2n) is 4.81. The van der Waals surface area contributed by atoms with E-state index in [1.165, 1.54) is 0 Å². The van der Waals surface area contributed by atoms with Gasteiger partial charge in [0.1, 0.15) is 5.82 Å². The fourth-order valence-electron chi connectivity index (χ4n) is 2.59. The minimum absolute atomic E-state index is 0.168. The zero-order valence-electron chi connectivity index (χ0n) is 9.97. The number of piperidine rings is 1. The first-order valence-electron chi connectivity index (χ1n) is 6.23. The molecule has 0 amide bonds. The molecular formula is C13H15BrFNO2. The molecule has 2 aliphatic rings. The lowest BCUT2D eigenvalue weighted by Gasteiger charge is -2.23. The number of rotatable bonds is 2. The maximum Gasteiger partial charge on any atom is 0.231 e. The highest BCUT2D eigenvalue weighted by atomic mass is 79.9. The molecular weight excluding hydrogens is 301 g/mol. The Morgan fingerprint density at radius 2 is 2.33 bits per heavy atom. The van der Waals surface area contributed by atoms with Crippen molar-refractivity contribution in [3.63, 3.8) is 0 Å². The molecule has 1 saturated heterocycles. The van der Waals surface area contributed by atoms with Crippen LogP contribution in [0.4, 0.5) is 4.39 Å². The molecule has 2 heterocycles. The number of ether oxygens (including phenoxy) is 2. The first kappa shape index (κ1) is 12.2. The lowest BCUT2D eigenvalue weighted by molar-refractivity contribution is 0.173. The van der Waals surface area contributed by atoms with Crippen LogP contribution in [0.5, 0.6) is 11.5 Å². The lowest BCUT2D eigenvalue weighted by atomic mass is 9.92. The van der Waals surface area contributed by atoms with Crippen molar-refractivity contribution in [1.29, 1.82) is 0 Å². The van der Waals surface area contributed by atoms with Crippen LogP contribution < -0.4 is 14.8 Å². The second-order valence-corrected chi connectivity index (χ2v) is 5.61. The van der Waals surface area contributed by atoms with Gasteiger partial charge in [-0.05, 0) is 65.8 Å². The Labute approximate surface area is 114 Å². The van der Waals surface area contributed by atoms with E-state index in [1.54, 1.807) is 6.07 Å². The van der Waals surface area contributed by atoms with Gasteiger partial charge in [0.05, 0.1) is 4.47 Å². The van der Waals surface area contributed by atoms with Gasteiger partial charge in [-0.2, -0.15) is 0 Å². The minimum Gasteiger partial charge on any atom is -0.454 e. The molecule has 1 aromatic carbocycles. The summed E-state index contributed by atoms with van der Waals surface area (Å²) in [6, 6.07) is 1.77. The van der Waals surface area contributed by atoms with Crippen molar-refractivity contribution in [3.8, 4) is 11.5 Å². The van der Waals surface area contributed by atoms with E-state index in [0.29, 0.717) is 27.5 Å². The van der Waals surface area contributed by atoms with Crippen LogP contribution in [0.25, 0.3) is 0 Å². The van der Waals surface area contributed by atoms with E-state index >= 15 is 0 Å². The van der Waals surface area contributed by atoms with E-state index in [-0.39, 0.29) is 12.6 Å². The predicted octanol–water partition coefficient (Wildman–Crippen LogP) is 2.86. The SMILES string of the molecule is Fc1c(CC2CCCNC2)cc2c(c1Br)OCO2. The minimum atomic E-state index is -0.218. The van der Waals surface area contributed by atoms with Crippen LogP contribution in [-0.2, 0) is 6.42 Å². The number of hydrogen-bond acceptors (Lipinski definition) is 3. The normalized spacial score (nSPS) is 22.2. The standard InChI is InChI=1S/C13H15BrFNO2/c14-11-12(15)9(4-8-2-1-3-16-6-8)5-10-13(11)18-7-17-10/h5,8,16H,1-4,6-7H2. The van der Waals surface area contributed by atoms with Gasteiger partial charge in [-0.3, -0.25) is 0 Å². The van der Waals surface area contributed by atoms with Crippen LogP contribution in [0.15, 0.2) is 10.5 Å². The molecule has 0 aliphatic carbocycles. The van der Waals surface area contributed by atoms with Crippen LogP contribution in [0.3, 0.4) is 0 Å². The molecule has 2 aliphatic heterocycles. The Morgan fingerprint density at radius 3 is 3.11 bits per heavy atom. The number of halogens is 2. The number of benzene rings is 1. The molecule has 0 radical (unpaired) electrons. The molecule has 1 aromatic rings. The Kier molecular flexibility index (Phi) is 3.43. The molecule has 0 saturated carbocycles. The first-order chi connectivity index (χ1) is 8.75. The molecule has 98 valence electrons. The first-order valence-corrected chi connectivity index (χ1v) is 7.02. The van der Waals surface area contributed by atoms with E-state index < -0.39 is 0 Å². The van der Waals surface area contributed by atoms with E-state index in [0.717, 1.165) is 32.4 Å². The van der Waals surface area contributed by atoms with Crippen LogP contribution in [0.1, 0.15) is 18.4 Å². The molecule has 0 bridgehead atoms. The quantitative estimate of drug-likeness (QED) is 0.910. The van der Waals surface area contributed by atoms with Crippen molar-refractivity contribution in [1.82, 2.24) is 5.32 Å². The number of fused-ring (bicyclic) bond motifs is 1. The third-order valence-corrected chi connectivity index (χ3v) is 4.24. The summed E-state index contributed by atoms with van der Waals surface area (Å²) in [5, 5.41) is 3.35. The zero-order valence-corrected chi connectivity index (χ0v) is 11.6.